The van der Waals surface area contributed by atoms with E-state index in [0.29, 0.717) is 22.1 Å². The topological polar surface area (TPSA) is 69.2 Å². The number of hydrogen-bond donors (Lipinski definition) is 1. The number of ether oxygens (including phenoxy) is 2. The number of nitrogens with one attached hydrogen (secondary N) is 1. The average Bonchev–Trinajstić information content (AvgIpc) is 2.70. The molecule has 0 spiro atoms. The Hall–Kier alpha value is -2.73. The van der Waals surface area contributed by atoms with Crippen molar-refractivity contribution in [2.24, 2.45) is 5.16 Å². The van der Waals surface area contributed by atoms with Crippen molar-refractivity contribution in [3.63, 3.8) is 0 Å². The third-order valence-corrected chi connectivity index (χ3v) is 4.47. The molecule has 0 aliphatic rings. The molecule has 0 aromatic heterocycles. The van der Waals surface area contributed by atoms with Crippen LogP contribution in [0.2, 0.25) is 5.02 Å². The number of aryl methyl sites for hydroxylation is 1. The van der Waals surface area contributed by atoms with Gasteiger partial charge in [-0.05, 0) is 36.6 Å². The summed E-state index contributed by atoms with van der Waals surface area (Å²) in [7, 11) is 3.03. The molecule has 0 aliphatic carbocycles. The first kappa shape index (κ1) is 21.6. The second kappa shape index (κ2) is 10.6. The van der Waals surface area contributed by atoms with Gasteiger partial charge >= 0.3 is 0 Å². The normalized spacial score (nSPS) is 11.9. The number of nitrogens with zero attached hydrogens (tertiary/aromatic N) is 1. The summed E-state index contributed by atoms with van der Waals surface area (Å²) in [4.78, 5) is 17.1. The lowest BCUT2D eigenvalue weighted by molar-refractivity contribution is -0.126. The van der Waals surface area contributed by atoms with E-state index in [-0.39, 0.29) is 18.6 Å². The molecule has 1 N–H and O–H groups in total. The first-order valence-corrected chi connectivity index (χ1v) is 9.31. The maximum atomic E-state index is 12.0. The predicted molar refractivity (Wildman–Crippen MR) is 110 cm³/mol. The molecule has 1 atom stereocenters. The zero-order valence-electron chi connectivity index (χ0n) is 16.5. The van der Waals surface area contributed by atoms with E-state index in [0.717, 1.165) is 12.0 Å². The van der Waals surface area contributed by atoms with Crippen molar-refractivity contribution in [2.45, 2.75) is 26.3 Å². The van der Waals surface area contributed by atoms with Crippen molar-refractivity contribution in [2.75, 3.05) is 20.8 Å². The Morgan fingerprint density at radius 2 is 1.93 bits per heavy atom. The van der Waals surface area contributed by atoms with E-state index in [1.807, 2.05) is 19.1 Å². The molecule has 0 radical (unpaired) electrons. The highest BCUT2D eigenvalue weighted by molar-refractivity contribution is 6.32. The summed E-state index contributed by atoms with van der Waals surface area (Å²) in [6, 6.07) is 11.4. The molecule has 28 heavy (non-hydrogen) atoms. The average molecular weight is 405 g/mol. The number of rotatable bonds is 9. The second-order valence-corrected chi connectivity index (χ2v) is 6.54. The molecule has 0 unspecified atom stereocenters. The van der Waals surface area contributed by atoms with Gasteiger partial charge in [0.25, 0.3) is 5.91 Å². The number of carbonyl (C=O) groups excluding carboxylic acids is 1. The Kier molecular flexibility index (Phi) is 8.14. The van der Waals surface area contributed by atoms with Gasteiger partial charge in [-0.3, -0.25) is 4.79 Å². The van der Waals surface area contributed by atoms with Gasteiger partial charge in [-0.2, -0.15) is 0 Å². The fourth-order valence-corrected chi connectivity index (χ4v) is 2.91. The van der Waals surface area contributed by atoms with Gasteiger partial charge in [-0.15, -0.1) is 0 Å². The van der Waals surface area contributed by atoms with Crippen LogP contribution in [-0.4, -0.2) is 32.9 Å². The van der Waals surface area contributed by atoms with Gasteiger partial charge in [0.1, 0.15) is 0 Å². The second-order valence-electron chi connectivity index (χ2n) is 6.13. The molecule has 2 aromatic carbocycles. The minimum Gasteiger partial charge on any atom is -0.493 e. The van der Waals surface area contributed by atoms with Gasteiger partial charge < -0.3 is 19.6 Å². The van der Waals surface area contributed by atoms with Crippen molar-refractivity contribution in [1.29, 1.82) is 0 Å². The largest absolute Gasteiger partial charge is 0.493 e. The molecule has 0 bridgehead atoms. The first-order chi connectivity index (χ1) is 13.5. The van der Waals surface area contributed by atoms with Crippen LogP contribution in [0.15, 0.2) is 41.6 Å². The smallest absolute Gasteiger partial charge is 0.261 e. The fourth-order valence-electron chi connectivity index (χ4n) is 2.61. The van der Waals surface area contributed by atoms with E-state index in [1.165, 1.54) is 26.0 Å². The van der Waals surface area contributed by atoms with Gasteiger partial charge in [0.2, 0.25) is 0 Å². The number of benzene rings is 2. The maximum absolute atomic E-state index is 12.0. The molecular weight excluding hydrogens is 380 g/mol. The SMILES string of the molecule is CCc1ccc([C@H](C)NC(=O)CO/N=C\c2cc(Cl)c(OC)c(OC)c2)cc1. The van der Waals surface area contributed by atoms with Crippen LogP contribution in [0.5, 0.6) is 11.5 Å². The molecular formula is C21H25ClN2O4. The Morgan fingerprint density at radius 3 is 2.54 bits per heavy atom. The fraction of sp³-hybridized carbons (Fsp3) is 0.333. The molecule has 2 aromatic rings. The zero-order valence-corrected chi connectivity index (χ0v) is 17.2. The number of amides is 1. The van der Waals surface area contributed by atoms with E-state index < -0.39 is 0 Å². The lowest BCUT2D eigenvalue weighted by Crippen LogP contribution is -2.29. The number of methoxy groups -OCH3 is 2. The minimum atomic E-state index is -0.255. The first-order valence-electron chi connectivity index (χ1n) is 8.93. The summed E-state index contributed by atoms with van der Waals surface area (Å²) < 4.78 is 10.4. The molecule has 7 heteroatoms. The minimum absolute atomic E-state index is 0.115. The lowest BCUT2D eigenvalue weighted by atomic mass is 10.1. The Morgan fingerprint density at radius 1 is 1.21 bits per heavy atom. The predicted octanol–water partition coefficient (Wildman–Crippen LogP) is 4.15. The van der Waals surface area contributed by atoms with Gasteiger partial charge in [-0.25, -0.2) is 0 Å². The van der Waals surface area contributed by atoms with Crippen LogP contribution < -0.4 is 14.8 Å². The number of halogens is 1. The van der Waals surface area contributed by atoms with E-state index in [2.05, 4.69) is 29.5 Å². The summed E-state index contributed by atoms with van der Waals surface area (Å²) >= 11 is 6.14. The van der Waals surface area contributed by atoms with Crippen LogP contribution >= 0.6 is 11.6 Å². The van der Waals surface area contributed by atoms with Crippen LogP contribution in [0.4, 0.5) is 0 Å². The molecule has 0 saturated heterocycles. The highest BCUT2D eigenvalue weighted by Crippen LogP contribution is 2.35. The van der Waals surface area contributed by atoms with Gasteiger partial charge in [0, 0.05) is 5.56 Å². The highest BCUT2D eigenvalue weighted by Gasteiger charge is 2.11. The molecule has 0 heterocycles. The summed E-state index contributed by atoms with van der Waals surface area (Å²) in [6.07, 6.45) is 2.44. The molecule has 150 valence electrons. The highest BCUT2D eigenvalue weighted by atomic mass is 35.5. The van der Waals surface area contributed by atoms with E-state index >= 15 is 0 Å². The summed E-state index contributed by atoms with van der Waals surface area (Å²) in [5.41, 5.74) is 2.96. The third kappa shape index (κ3) is 5.89. The Balaban J connectivity index is 1.86. The van der Waals surface area contributed by atoms with E-state index in [1.54, 1.807) is 12.1 Å². The van der Waals surface area contributed by atoms with Crippen LogP contribution in [-0.2, 0) is 16.1 Å². The van der Waals surface area contributed by atoms with Crippen LogP contribution in [0.3, 0.4) is 0 Å². The number of carbonyl (C=O) groups is 1. The Labute approximate surface area is 170 Å². The van der Waals surface area contributed by atoms with E-state index in [9.17, 15) is 4.79 Å². The zero-order chi connectivity index (χ0) is 20.5. The van der Waals surface area contributed by atoms with Crippen LogP contribution in [0.1, 0.15) is 36.6 Å². The van der Waals surface area contributed by atoms with Crippen molar-refractivity contribution >= 4 is 23.7 Å². The van der Waals surface area contributed by atoms with Gasteiger partial charge in [-0.1, -0.05) is 47.9 Å². The van der Waals surface area contributed by atoms with E-state index in [4.69, 9.17) is 25.9 Å². The van der Waals surface area contributed by atoms with Crippen molar-refractivity contribution in [3.8, 4) is 11.5 Å². The summed E-state index contributed by atoms with van der Waals surface area (Å²) in [6.45, 7) is 3.84. The Bertz CT molecular complexity index is 822. The molecule has 6 nitrogen and oxygen atoms in total. The number of oxime groups is 1. The molecule has 0 saturated carbocycles. The summed E-state index contributed by atoms with van der Waals surface area (Å²) in [5, 5.41) is 7.09. The standard InChI is InChI=1S/C21H25ClN2O4/c1-5-15-6-8-17(9-7-15)14(2)24-20(25)13-28-23-12-16-10-18(22)21(27-4)19(11-16)26-3/h6-12,14H,5,13H2,1-4H3,(H,24,25)/b23-12-/t14-/m0/s1. The molecule has 0 aliphatic heterocycles. The monoisotopic (exact) mass is 404 g/mol. The van der Waals surface area contributed by atoms with Crippen LogP contribution in [0, 0.1) is 0 Å². The molecule has 2 rings (SSSR count). The quantitative estimate of drug-likeness (QED) is 0.503. The maximum Gasteiger partial charge on any atom is 0.261 e. The summed E-state index contributed by atoms with van der Waals surface area (Å²) in [5.74, 6) is 0.675. The third-order valence-electron chi connectivity index (χ3n) is 4.19. The lowest BCUT2D eigenvalue weighted by Gasteiger charge is -2.14. The molecule has 1 amide bonds. The van der Waals surface area contributed by atoms with Crippen molar-refractivity contribution in [1.82, 2.24) is 5.32 Å². The van der Waals surface area contributed by atoms with Crippen molar-refractivity contribution < 1.29 is 19.1 Å². The number of hydrogen-bond acceptors (Lipinski definition) is 5. The van der Waals surface area contributed by atoms with Crippen LogP contribution in [0.25, 0.3) is 0 Å². The van der Waals surface area contributed by atoms with Gasteiger partial charge in [0.15, 0.2) is 18.1 Å². The molecule has 0 fully saturated rings. The van der Waals surface area contributed by atoms with Crippen molar-refractivity contribution in [3.05, 3.63) is 58.1 Å². The van der Waals surface area contributed by atoms with Gasteiger partial charge in [0.05, 0.1) is 31.5 Å².